The van der Waals surface area contributed by atoms with E-state index < -0.39 is 16.0 Å². The van der Waals surface area contributed by atoms with Crippen LogP contribution in [-0.2, 0) is 15.8 Å². The average molecular weight is 331 g/mol. The minimum absolute atomic E-state index is 0.0485. The van der Waals surface area contributed by atoms with Crippen LogP contribution in [0.4, 0.5) is 0 Å². The maximum absolute atomic E-state index is 12.4. The first kappa shape index (κ1) is 18.0. The molecule has 21 heavy (non-hydrogen) atoms. The van der Waals surface area contributed by atoms with Gasteiger partial charge in [0, 0.05) is 18.8 Å². The summed E-state index contributed by atoms with van der Waals surface area (Å²) in [5.74, 6) is -0.506. The van der Waals surface area contributed by atoms with Crippen molar-refractivity contribution >= 4 is 27.8 Å². The van der Waals surface area contributed by atoms with Crippen molar-refractivity contribution in [3.63, 3.8) is 0 Å². The minimum Gasteiger partial charge on any atom is -0.478 e. The molecule has 0 saturated carbocycles. The second-order valence-electron chi connectivity index (χ2n) is 4.80. The highest BCUT2D eigenvalue weighted by atomic mass is 32.2. The van der Waals surface area contributed by atoms with E-state index in [4.69, 9.17) is 5.11 Å². The normalized spacial score (nSPS) is 13.3. The van der Waals surface area contributed by atoms with Crippen molar-refractivity contribution in [2.75, 3.05) is 19.1 Å². The first-order valence-corrected chi connectivity index (χ1v) is 9.59. The van der Waals surface area contributed by atoms with Gasteiger partial charge in [-0.1, -0.05) is 19.1 Å². The lowest BCUT2D eigenvalue weighted by Gasteiger charge is -2.26. The van der Waals surface area contributed by atoms with Crippen LogP contribution < -0.4 is 0 Å². The van der Waals surface area contributed by atoms with Crippen molar-refractivity contribution in [2.24, 2.45) is 0 Å². The largest absolute Gasteiger partial charge is 0.478 e. The summed E-state index contributed by atoms with van der Waals surface area (Å²) in [6, 6.07) is 6.00. The molecule has 1 N–H and O–H groups in total. The highest BCUT2D eigenvalue weighted by Gasteiger charge is 2.25. The summed E-state index contributed by atoms with van der Waals surface area (Å²) in [7, 11) is -1.88. The third-order valence-corrected chi connectivity index (χ3v) is 5.90. The number of hydrogen-bond acceptors (Lipinski definition) is 4. The number of carboxylic acids is 1. The predicted octanol–water partition coefficient (Wildman–Crippen LogP) is 2.29. The molecule has 0 fully saturated rings. The molecular weight excluding hydrogens is 310 g/mol. The van der Waals surface area contributed by atoms with E-state index in [2.05, 4.69) is 0 Å². The molecule has 1 atom stereocenters. The second-order valence-corrected chi connectivity index (χ2v) is 7.73. The molecule has 0 heterocycles. The molecule has 7 heteroatoms. The van der Waals surface area contributed by atoms with E-state index in [1.807, 2.05) is 13.2 Å². The topological polar surface area (TPSA) is 74.7 Å². The first-order chi connectivity index (χ1) is 9.81. The number of hydrogen-bond donors (Lipinski definition) is 1. The molecule has 0 aliphatic heterocycles. The number of nitrogens with zero attached hydrogens (tertiary/aromatic N) is 1. The summed E-state index contributed by atoms with van der Waals surface area (Å²) >= 11 is 1.61. The molecule has 0 amide bonds. The lowest BCUT2D eigenvalue weighted by Crippen LogP contribution is -2.39. The lowest BCUT2D eigenvalue weighted by atomic mass is 10.1. The van der Waals surface area contributed by atoms with Crippen LogP contribution in [0.15, 0.2) is 24.3 Å². The van der Waals surface area contributed by atoms with Crippen molar-refractivity contribution in [1.29, 1.82) is 0 Å². The van der Waals surface area contributed by atoms with E-state index in [0.717, 1.165) is 12.2 Å². The van der Waals surface area contributed by atoms with Gasteiger partial charge in [-0.25, -0.2) is 17.5 Å². The minimum atomic E-state index is -3.46. The van der Waals surface area contributed by atoms with Gasteiger partial charge in [0.25, 0.3) is 0 Å². The van der Waals surface area contributed by atoms with Gasteiger partial charge in [-0.15, -0.1) is 0 Å². The van der Waals surface area contributed by atoms with Crippen molar-refractivity contribution in [3.8, 4) is 0 Å². The predicted molar refractivity (Wildman–Crippen MR) is 86.2 cm³/mol. The molecule has 0 bridgehead atoms. The zero-order valence-electron chi connectivity index (χ0n) is 12.4. The number of rotatable bonds is 8. The van der Waals surface area contributed by atoms with Gasteiger partial charge in [0.2, 0.25) is 10.0 Å². The number of carbonyl (C=O) groups is 1. The number of carboxylic acid groups (broad SMARTS) is 1. The average Bonchev–Trinajstić information content (AvgIpc) is 2.43. The maximum Gasteiger partial charge on any atom is 0.335 e. The van der Waals surface area contributed by atoms with Crippen LogP contribution >= 0.6 is 11.8 Å². The molecular formula is C14H21NO4S2. The van der Waals surface area contributed by atoms with E-state index in [9.17, 15) is 13.2 Å². The van der Waals surface area contributed by atoms with Crippen molar-refractivity contribution in [3.05, 3.63) is 35.4 Å². The lowest BCUT2D eigenvalue weighted by molar-refractivity contribution is 0.0696. The summed E-state index contributed by atoms with van der Waals surface area (Å²) in [4.78, 5) is 10.9. The number of aromatic carboxylic acids is 1. The van der Waals surface area contributed by atoms with Crippen molar-refractivity contribution < 1.29 is 18.3 Å². The molecule has 1 unspecified atom stereocenters. The molecule has 1 aromatic rings. The van der Waals surface area contributed by atoms with E-state index in [1.54, 1.807) is 30.9 Å². The SMILES string of the molecule is CCC(CSC)N(C)S(=O)(=O)Cc1cccc(C(=O)O)c1. The van der Waals surface area contributed by atoms with Crippen LogP contribution in [0.25, 0.3) is 0 Å². The second kappa shape index (κ2) is 7.82. The molecule has 0 radical (unpaired) electrons. The molecule has 0 saturated heterocycles. The molecule has 0 aromatic heterocycles. The molecule has 0 aliphatic rings. The molecule has 118 valence electrons. The molecule has 1 rings (SSSR count). The fraction of sp³-hybridized carbons (Fsp3) is 0.500. The summed E-state index contributed by atoms with van der Waals surface area (Å²) < 4.78 is 26.3. The highest BCUT2D eigenvalue weighted by Crippen LogP contribution is 2.17. The smallest absolute Gasteiger partial charge is 0.335 e. The molecule has 5 nitrogen and oxygen atoms in total. The van der Waals surface area contributed by atoms with Gasteiger partial charge in [-0.05, 0) is 30.4 Å². The van der Waals surface area contributed by atoms with Crippen LogP contribution in [0.1, 0.15) is 29.3 Å². The van der Waals surface area contributed by atoms with Gasteiger partial charge in [-0.2, -0.15) is 11.8 Å². The molecule has 0 aliphatic carbocycles. The quantitative estimate of drug-likeness (QED) is 0.791. The van der Waals surface area contributed by atoms with Crippen molar-refractivity contribution in [2.45, 2.75) is 25.1 Å². The van der Waals surface area contributed by atoms with Crippen LogP contribution in [0.2, 0.25) is 0 Å². The summed E-state index contributed by atoms with van der Waals surface area (Å²) in [5.41, 5.74) is 0.585. The zero-order valence-corrected chi connectivity index (χ0v) is 14.1. The summed E-state index contributed by atoms with van der Waals surface area (Å²) in [5, 5.41) is 8.95. The Morgan fingerprint density at radius 2 is 2.10 bits per heavy atom. The van der Waals surface area contributed by atoms with E-state index in [-0.39, 0.29) is 17.4 Å². The molecule has 0 spiro atoms. The standard InChI is InChI=1S/C14H21NO4S2/c1-4-13(9-20-3)15(2)21(18,19)10-11-6-5-7-12(8-11)14(16)17/h5-8,13H,4,9-10H2,1-3H3,(H,16,17). The Bertz CT molecular complexity index is 586. The fourth-order valence-corrected chi connectivity index (χ4v) is 4.43. The Hall–Kier alpha value is -1.05. The number of sulfonamides is 1. The van der Waals surface area contributed by atoms with Crippen LogP contribution in [0, 0.1) is 0 Å². The number of thioether (sulfide) groups is 1. The third kappa shape index (κ3) is 5.01. The fourth-order valence-electron chi connectivity index (χ4n) is 2.01. The van der Waals surface area contributed by atoms with Gasteiger partial charge in [0.1, 0.15) is 0 Å². The van der Waals surface area contributed by atoms with Gasteiger partial charge in [0.15, 0.2) is 0 Å². The van der Waals surface area contributed by atoms with Gasteiger partial charge >= 0.3 is 5.97 Å². The Morgan fingerprint density at radius 1 is 1.43 bits per heavy atom. The molecule has 1 aromatic carbocycles. The van der Waals surface area contributed by atoms with E-state index >= 15 is 0 Å². The van der Waals surface area contributed by atoms with Gasteiger partial charge in [-0.3, -0.25) is 0 Å². The maximum atomic E-state index is 12.4. The Morgan fingerprint density at radius 3 is 2.62 bits per heavy atom. The first-order valence-electron chi connectivity index (χ1n) is 6.58. The highest BCUT2D eigenvalue weighted by molar-refractivity contribution is 7.98. The zero-order chi connectivity index (χ0) is 16.0. The summed E-state index contributed by atoms with van der Waals surface area (Å²) in [6.45, 7) is 1.96. The van der Waals surface area contributed by atoms with E-state index in [1.165, 1.54) is 16.4 Å². The number of benzene rings is 1. The van der Waals surface area contributed by atoms with Crippen LogP contribution in [0.3, 0.4) is 0 Å². The van der Waals surface area contributed by atoms with Gasteiger partial charge < -0.3 is 5.11 Å². The monoisotopic (exact) mass is 331 g/mol. The summed E-state index contributed by atoms with van der Waals surface area (Å²) in [6.07, 6.45) is 2.69. The van der Waals surface area contributed by atoms with Gasteiger partial charge in [0.05, 0.1) is 11.3 Å². The third-order valence-electron chi connectivity index (χ3n) is 3.31. The Balaban J connectivity index is 2.94. The van der Waals surface area contributed by atoms with Crippen LogP contribution in [-0.4, -0.2) is 48.9 Å². The Labute approximate surface area is 130 Å². The Kier molecular flexibility index (Phi) is 6.70. The van der Waals surface area contributed by atoms with E-state index in [0.29, 0.717) is 5.56 Å². The van der Waals surface area contributed by atoms with Crippen LogP contribution in [0.5, 0.6) is 0 Å². The van der Waals surface area contributed by atoms with Crippen molar-refractivity contribution in [1.82, 2.24) is 4.31 Å².